The first-order valence-electron chi connectivity index (χ1n) is 4.11. The highest BCUT2D eigenvalue weighted by Crippen LogP contribution is 2.14. The van der Waals surface area contributed by atoms with Crippen LogP contribution >= 0.6 is 11.6 Å². The van der Waals surface area contributed by atoms with Crippen LogP contribution in [0.3, 0.4) is 0 Å². The Morgan fingerprint density at radius 1 is 1.23 bits per heavy atom. The van der Waals surface area contributed by atoms with E-state index in [0.717, 1.165) is 5.75 Å². The van der Waals surface area contributed by atoms with Crippen LogP contribution in [0.25, 0.3) is 0 Å². The van der Waals surface area contributed by atoms with Crippen LogP contribution in [-0.2, 0) is 0 Å². The third-order valence-electron chi connectivity index (χ3n) is 1.33. The maximum atomic E-state index is 5.71. The first-order valence-corrected chi connectivity index (χ1v) is 7.38. The van der Waals surface area contributed by atoms with E-state index in [2.05, 4.69) is 24.7 Å². The monoisotopic (exact) mass is 210 g/mol. The van der Waals surface area contributed by atoms with Crippen molar-refractivity contribution in [2.45, 2.75) is 13.1 Å². The molecule has 0 aliphatic carbocycles. The van der Waals surface area contributed by atoms with Gasteiger partial charge in [-0.1, -0.05) is 30.2 Å². The number of benzene rings is 1. The Hall–Kier alpha value is -0.913. The Balaban J connectivity index is 2.57. The summed E-state index contributed by atoms with van der Waals surface area (Å²) in [6, 6.07) is 7.18. The van der Waals surface area contributed by atoms with E-state index < -0.39 is 8.80 Å². The number of ether oxygens (including phenoxy) is 1. The van der Waals surface area contributed by atoms with E-state index in [1.165, 1.54) is 0 Å². The highest BCUT2D eigenvalue weighted by Gasteiger charge is 1.90. The molecule has 0 aromatic heterocycles. The fourth-order valence-electron chi connectivity index (χ4n) is 0.709. The van der Waals surface area contributed by atoms with Crippen molar-refractivity contribution in [2.24, 2.45) is 0 Å². The zero-order valence-corrected chi connectivity index (χ0v) is 9.58. The molecule has 3 heteroatoms. The molecule has 1 rings (SSSR count). The lowest BCUT2D eigenvalue weighted by Crippen LogP contribution is -1.94. The lowest BCUT2D eigenvalue weighted by atomic mass is 10.3. The zero-order valence-electron chi connectivity index (χ0n) is 7.67. The summed E-state index contributed by atoms with van der Waals surface area (Å²) in [5, 5.41) is 0.707. The summed E-state index contributed by atoms with van der Waals surface area (Å²) in [7, 11) is -0.834. The molecule has 1 nitrogen and oxygen atoms in total. The van der Waals surface area contributed by atoms with Crippen molar-refractivity contribution in [3.63, 3.8) is 0 Å². The van der Waals surface area contributed by atoms with Gasteiger partial charge in [0.2, 0.25) is 0 Å². The van der Waals surface area contributed by atoms with Crippen LogP contribution in [0, 0.1) is 11.7 Å². The molecular formula is C10H11ClOSi. The Morgan fingerprint density at radius 3 is 2.38 bits per heavy atom. The maximum absolute atomic E-state index is 5.71. The second kappa shape index (κ2) is 4.96. The van der Waals surface area contributed by atoms with Crippen LogP contribution in [0.2, 0.25) is 18.1 Å². The lowest BCUT2D eigenvalue weighted by Gasteiger charge is -1.95. The first-order chi connectivity index (χ1) is 6.18. The van der Waals surface area contributed by atoms with Gasteiger partial charge in [0.1, 0.15) is 20.7 Å². The molecule has 0 spiro atoms. The molecule has 0 aliphatic heterocycles. The third-order valence-corrected chi connectivity index (χ3v) is 2.28. The van der Waals surface area contributed by atoms with Gasteiger partial charge in [-0.25, -0.2) is 0 Å². The SMILES string of the molecule is C[SiH](C)C#COc1ccc(Cl)cc1. The Kier molecular flexibility index (Phi) is 3.88. The summed E-state index contributed by atoms with van der Waals surface area (Å²) in [5.74, 6) is 0.742. The van der Waals surface area contributed by atoms with E-state index in [9.17, 15) is 0 Å². The van der Waals surface area contributed by atoms with Gasteiger partial charge in [0.15, 0.2) is 0 Å². The van der Waals surface area contributed by atoms with E-state index in [1.54, 1.807) is 24.3 Å². The van der Waals surface area contributed by atoms with Crippen LogP contribution in [0.4, 0.5) is 0 Å². The summed E-state index contributed by atoms with van der Waals surface area (Å²) < 4.78 is 5.19. The predicted molar refractivity (Wildman–Crippen MR) is 58.7 cm³/mol. The lowest BCUT2D eigenvalue weighted by molar-refractivity contribution is 0.520. The van der Waals surface area contributed by atoms with Crippen LogP contribution < -0.4 is 4.74 Å². The van der Waals surface area contributed by atoms with Crippen molar-refractivity contribution in [2.75, 3.05) is 0 Å². The average Bonchev–Trinajstić information content (AvgIpc) is 2.08. The molecule has 0 unspecified atom stereocenters. The van der Waals surface area contributed by atoms with Gasteiger partial charge >= 0.3 is 0 Å². The van der Waals surface area contributed by atoms with Crippen LogP contribution in [-0.4, -0.2) is 8.80 Å². The molecule has 0 saturated carbocycles. The zero-order chi connectivity index (χ0) is 9.68. The summed E-state index contributed by atoms with van der Waals surface area (Å²) in [5.41, 5.74) is 3.04. The number of hydrogen-bond acceptors (Lipinski definition) is 1. The van der Waals surface area contributed by atoms with Crippen LogP contribution in [0.5, 0.6) is 5.75 Å². The standard InChI is InChI=1S/C10H11ClOSi/c1-13(2)8-7-12-10-5-3-9(11)4-6-10/h3-6,13H,1-2H3. The number of halogens is 1. The number of hydrogen-bond donors (Lipinski definition) is 0. The van der Waals surface area contributed by atoms with Gasteiger partial charge in [0, 0.05) is 5.02 Å². The molecule has 0 fully saturated rings. The molecule has 0 bridgehead atoms. The van der Waals surface area contributed by atoms with E-state index in [-0.39, 0.29) is 0 Å². The Bertz CT molecular complexity index is 321. The van der Waals surface area contributed by atoms with Crippen molar-refractivity contribution in [1.29, 1.82) is 0 Å². The fraction of sp³-hybridized carbons (Fsp3) is 0.200. The molecule has 13 heavy (non-hydrogen) atoms. The minimum Gasteiger partial charge on any atom is -0.408 e. The summed E-state index contributed by atoms with van der Waals surface area (Å²) in [6.07, 6.45) is 2.69. The van der Waals surface area contributed by atoms with Gasteiger partial charge in [-0.3, -0.25) is 0 Å². The summed E-state index contributed by atoms with van der Waals surface area (Å²) in [6.45, 7) is 4.30. The molecule has 1 aromatic rings. The van der Waals surface area contributed by atoms with Crippen molar-refractivity contribution in [3.8, 4) is 17.4 Å². The largest absolute Gasteiger partial charge is 0.408 e. The van der Waals surface area contributed by atoms with Gasteiger partial charge in [-0.2, -0.15) is 0 Å². The molecule has 0 saturated heterocycles. The Labute approximate surface area is 85.3 Å². The van der Waals surface area contributed by atoms with Crippen LogP contribution in [0.1, 0.15) is 0 Å². The second-order valence-electron chi connectivity index (χ2n) is 2.96. The van der Waals surface area contributed by atoms with Crippen molar-refractivity contribution in [3.05, 3.63) is 29.3 Å². The van der Waals surface area contributed by atoms with E-state index in [4.69, 9.17) is 16.3 Å². The van der Waals surface area contributed by atoms with Gasteiger partial charge in [0.25, 0.3) is 0 Å². The van der Waals surface area contributed by atoms with Gasteiger partial charge < -0.3 is 4.74 Å². The normalized spacial score (nSPS) is 9.23. The van der Waals surface area contributed by atoms with Crippen molar-refractivity contribution < 1.29 is 4.74 Å². The van der Waals surface area contributed by atoms with Gasteiger partial charge in [-0.15, -0.1) is 0 Å². The van der Waals surface area contributed by atoms with Gasteiger partial charge in [-0.05, 0) is 24.3 Å². The first kappa shape index (κ1) is 10.2. The molecule has 0 amide bonds. The van der Waals surface area contributed by atoms with Crippen molar-refractivity contribution >= 4 is 20.4 Å². The van der Waals surface area contributed by atoms with E-state index >= 15 is 0 Å². The quantitative estimate of drug-likeness (QED) is 0.512. The third kappa shape index (κ3) is 4.02. The molecule has 68 valence electrons. The molecule has 0 N–H and O–H groups in total. The minimum absolute atomic E-state index is 0.707. The smallest absolute Gasteiger partial charge is 0.140 e. The molecular weight excluding hydrogens is 200 g/mol. The summed E-state index contributed by atoms with van der Waals surface area (Å²) >= 11 is 5.71. The van der Waals surface area contributed by atoms with Crippen molar-refractivity contribution in [1.82, 2.24) is 0 Å². The maximum Gasteiger partial charge on any atom is 0.140 e. The van der Waals surface area contributed by atoms with Gasteiger partial charge in [0.05, 0.1) is 0 Å². The molecule has 0 radical (unpaired) electrons. The Morgan fingerprint density at radius 2 is 1.85 bits per heavy atom. The highest BCUT2D eigenvalue weighted by molar-refractivity contribution is 6.64. The van der Waals surface area contributed by atoms with Crippen LogP contribution in [0.15, 0.2) is 24.3 Å². The predicted octanol–water partition coefficient (Wildman–Crippen LogP) is 2.71. The van der Waals surface area contributed by atoms with E-state index in [0.29, 0.717) is 5.02 Å². The minimum atomic E-state index is -0.834. The average molecular weight is 211 g/mol. The molecule has 0 atom stereocenters. The molecule has 1 aromatic carbocycles. The number of rotatable bonds is 1. The highest BCUT2D eigenvalue weighted by atomic mass is 35.5. The molecule has 0 heterocycles. The fourth-order valence-corrected chi connectivity index (χ4v) is 1.13. The topological polar surface area (TPSA) is 9.23 Å². The second-order valence-corrected chi connectivity index (χ2v) is 5.99. The van der Waals surface area contributed by atoms with E-state index in [1.807, 2.05) is 0 Å². The molecule has 0 aliphatic rings. The summed E-state index contributed by atoms with van der Waals surface area (Å²) in [4.78, 5) is 0.